The SMILES string of the molecule is Cc1nn(C)c2ncc(C(=O)N(C)CCC(=O)O)cc12. The quantitative estimate of drug-likeness (QED) is 0.893. The fraction of sp³-hybridized carbons (Fsp3) is 0.385. The second-order valence-electron chi connectivity index (χ2n) is 4.67. The summed E-state index contributed by atoms with van der Waals surface area (Å²) in [5, 5.41) is 13.7. The molecule has 0 aliphatic rings. The number of hydrogen-bond donors (Lipinski definition) is 1. The number of fused-ring (bicyclic) bond motifs is 1. The highest BCUT2D eigenvalue weighted by Crippen LogP contribution is 2.17. The Morgan fingerprint density at radius 2 is 2.15 bits per heavy atom. The Bertz CT molecular complexity index is 678. The summed E-state index contributed by atoms with van der Waals surface area (Å²) in [5.74, 6) is -1.18. The topological polar surface area (TPSA) is 88.3 Å². The number of carboxylic acids is 1. The average molecular weight is 276 g/mol. The number of carbonyl (C=O) groups excluding carboxylic acids is 1. The number of rotatable bonds is 4. The van der Waals surface area contributed by atoms with E-state index in [2.05, 4.69) is 10.1 Å². The molecule has 0 fully saturated rings. The summed E-state index contributed by atoms with van der Waals surface area (Å²) < 4.78 is 1.66. The molecule has 0 aliphatic carbocycles. The highest BCUT2D eigenvalue weighted by Gasteiger charge is 2.15. The first-order chi connectivity index (χ1) is 9.40. The van der Waals surface area contributed by atoms with Crippen LogP contribution in [0.15, 0.2) is 12.3 Å². The lowest BCUT2D eigenvalue weighted by Gasteiger charge is -2.15. The summed E-state index contributed by atoms with van der Waals surface area (Å²) in [6.07, 6.45) is 1.41. The van der Waals surface area contributed by atoms with Gasteiger partial charge in [-0.25, -0.2) is 4.98 Å². The summed E-state index contributed by atoms with van der Waals surface area (Å²) in [4.78, 5) is 28.3. The molecule has 7 nitrogen and oxygen atoms in total. The molecular weight excluding hydrogens is 260 g/mol. The van der Waals surface area contributed by atoms with Crippen LogP contribution in [0.5, 0.6) is 0 Å². The first-order valence-electron chi connectivity index (χ1n) is 6.16. The molecule has 0 unspecified atom stereocenters. The second-order valence-corrected chi connectivity index (χ2v) is 4.67. The second kappa shape index (κ2) is 5.28. The molecule has 1 amide bonds. The van der Waals surface area contributed by atoms with Crippen LogP contribution in [0.3, 0.4) is 0 Å². The van der Waals surface area contributed by atoms with Crippen molar-refractivity contribution in [2.75, 3.05) is 13.6 Å². The molecule has 106 valence electrons. The number of pyridine rings is 1. The van der Waals surface area contributed by atoms with E-state index in [1.165, 1.54) is 11.1 Å². The van der Waals surface area contributed by atoms with Crippen molar-refractivity contribution >= 4 is 22.9 Å². The molecule has 0 aliphatic heterocycles. The molecule has 2 rings (SSSR count). The number of aryl methyl sites for hydroxylation is 2. The van der Waals surface area contributed by atoms with Crippen molar-refractivity contribution in [2.24, 2.45) is 7.05 Å². The summed E-state index contributed by atoms with van der Waals surface area (Å²) in [6, 6.07) is 1.74. The third-order valence-electron chi connectivity index (χ3n) is 3.12. The third kappa shape index (κ3) is 2.61. The summed E-state index contributed by atoms with van der Waals surface area (Å²) in [6.45, 7) is 2.02. The number of nitrogens with zero attached hydrogens (tertiary/aromatic N) is 4. The van der Waals surface area contributed by atoms with E-state index >= 15 is 0 Å². The van der Waals surface area contributed by atoms with Gasteiger partial charge in [-0.3, -0.25) is 14.3 Å². The van der Waals surface area contributed by atoms with E-state index in [9.17, 15) is 9.59 Å². The first kappa shape index (κ1) is 14.0. The van der Waals surface area contributed by atoms with Crippen molar-refractivity contribution in [3.8, 4) is 0 Å². The lowest BCUT2D eigenvalue weighted by Crippen LogP contribution is -2.29. The Kier molecular flexibility index (Phi) is 3.69. The zero-order valence-electron chi connectivity index (χ0n) is 11.6. The molecule has 0 saturated heterocycles. The number of aliphatic carboxylic acids is 1. The van der Waals surface area contributed by atoms with Crippen molar-refractivity contribution in [3.05, 3.63) is 23.5 Å². The van der Waals surface area contributed by atoms with E-state index in [0.717, 1.165) is 11.1 Å². The molecular formula is C13H16N4O3. The molecule has 0 saturated carbocycles. The summed E-state index contributed by atoms with van der Waals surface area (Å²) >= 11 is 0. The Labute approximate surface area is 115 Å². The largest absolute Gasteiger partial charge is 0.481 e. The van der Waals surface area contributed by atoms with Crippen LogP contribution in [0, 0.1) is 6.92 Å². The van der Waals surface area contributed by atoms with E-state index in [4.69, 9.17) is 5.11 Å². The van der Waals surface area contributed by atoms with E-state index in [1.54, 1.807) is 24.8 Å². The first-order valence-corrected chi connectivity index (χ1v) is 6.16. The van der Waals surface area contributed by atoms with Crippen LogP contribution >= 0.6 is 0 Å². The molecule has 0 atom stereocenters. The van der Waals surface area contributed by atoms with Gasteiger partial charge in [0.05, 0.1) is 17.7 Å². The third-order valence-corrected chi connectivity index (χ3v) is 3.12. The fourth-order valence-corrected chi connectivity index (χ4v) is 2.01. The predicted molar refractivity (Wildman–Crippen MR) is 72.5 cm³/mol. The minimum Gasteiger partial charge on any atom is -0.481 e. The molecule has 20 heavy (non-hydrogen) atoms. The van der Waals surface area contributed by atoms with E-state index in [1.807, 2.05) is 6.92 Å². The van der Waals surface area contributed by atoms with Crippen molar-refractivity contribution in [2.45, 2.75) is 13.3 Å². The Morgan fingerprint density at radius 1 is 1.45 bits per heavy atom. The maximum atomic E-state index is 12.2. The highest BCUT2D eigenvalue weighted by atomic mass is 16.4. The average Bonchev–Trinajstić information content (AvgIpc) is 2.70. The molecule has 2 heterocycles. The van der Waals surface area contributed by atoms with Gasteiger partial charge in [-0.15, -0.1) is 0 Å². The van der Waals surface area contributed by atoms with Crippen LogP contribution < -0.4 is 0 Å². The van der Waals surface area contributed by atoms with Gasteiger partial charge in [0.25, 0.3) is 5.91 Å². The van der Waals surface area contributed by atoms with Crippen molar-refractivity contribution in [3.63, 3.8) is 0 Å². The minimum absolute atomic E-state index is 0.0795. The standard InChI is InChI=1S/C13H16N4O3/c1-8-10-6-9(7-14-12(10)17(3)15-8)13(20)16(2)5-4-11(18)19/h6-7H,4-5H2,1-3H3,(H,18,19). The Balaban J connectivity index is 2.26. The maximum Gasteiger partial charge on any atom is 0.305 e. The van der Waals surface area contributed by atoms with Crippen molar-refractivity contribution in [1.29, 1.82) is 0 Å². The normalized spacial score (nSPS) is 10.8. The van der Waals surface area contributed by atoms with E-state index in [-0.39, 0.29) is 18.9 Å². The van der Waals surface area contributed by atoms with Crippen LogP contribution in [0.25, 0.3) is 11.0 Å². The number of carbonyl (C=O) groups is 2. The number of aromatic nitrogens is 3. The van der Waals surface area contributed by atoms with Gasteiger partial charge in [0.1, 0.15) is 0 Å². The lowest BCUT2D eigenvalue weighted by molar-refractivity contribution is -0.137. The Hall–Kier alpha value is -2.44. The monoisotopic (exact) mass is 276 g/mol. The number of hydrogen-bond acceptors (Lipinski definition) is 4. The number of carboxylic acid groups (broad SMARTS) is 1. The van der Waals surface area contributed by atoms with Gasteiger partial charge in [0, 0.05) is 32.2 Å². The molecule has 0 spiro atoms. The highest BCUT2D eigenvalue weighted by molar-refractivity contribution is 5.97. The minimum atomic E-state index is -0.929. The molecule has 7 heteroatoms. The van der Waals surface area contributed by atoms with Gasteiger partial charge in [0.2, 0.25) is 0 Å². The van der Waals surface area contributed by atoms with Gasteiger partial charge in [-0.1, -0.05) is 0 Å². The molecule has 2 aromatic heterocycles. The molecule has 2 aromatic rings. The van der Waals surface area contributed by atoms with Gasteiger partial charge < -0.3 is 10.0 Å². The predicted octanol–water partition coefficient (Wildman–Crippen LogP) is 0.823. The van der Waals surface area contributed by atoms with Crippen molar-refractivity contribution < 1.29 is 14.7 Å². The fourth-order valence-electron chi connectivity index (χ4n) is 2.01. The van der Waals surface area contributed by atoms with Gasteiger partial charge >= 0.3 is 5.97 Å². The smallest absolute Gasteiger partial charge is 0.305 e. The van der Waals surface area contributed by atoms with Crippen molar-refractivity contribution in [1.82, 2.24) is 19.7 Å². The Morgan fingerprint density at radius 3 is 2.80 bits per heavy atom. The summed E-state index contributed by atoms with van der Waals surface area (Å²) in [7, 11) is 3.37. The van der Waals surface area contributed by atoms with Crippen LogP contribution in [-0.4, -0.2) is 50.2 Å². The summed E-state index contributed by atoms with van der Waals surface area (Å²) in [5.41, 5.74) is 1.95. The van der Waals surface area contributed by atoms with E-state index in [0.29, 0.717) is 11.2 Å². The van der Waals surface area contributed by atoms with Crippen LogP contribution in [-0.2, 0) is 11.8 Å². The maximum absolute atomic E-state index is 12.2. The van der Waals surface area contributed by atoms with Crippen LogP contribution in [0.1, 0.15) is 22.5 Å². The van der Waals surface area contributed by atoms with E-state index < -0.39 is 5.97 Å². The lowest BCUT2D eigenvalue weighted by atomic mass is 10.2. The van der Waals surface area contributed by atoms with Gasteiger partial charge in [-0.2, -0.15) is 5.10 Å². The zero-order chi connectivity index (χ0) is 14.9. The van der Waals surface area contributed by atoms with Gasteiger partial charge in [0.15, 0.2) is 5.65 Å². The van der Waals surface area contributed by atoms with Gasteiger partial charge in [-0.05, 0) is 13.0 Å². The zero-order valence-corrected chi connectivity index (χ0v) is 11.6. The molecule has 1 N–H and O–H groups in total. The number of amides is 1. The molecule has 0 bridgehead atoms. The molecule has 0 aromatic carbocycles. The molecule has 0 radical (unpaired) electrons. The van der Waals surface area contributed by atoms with Crippen LogP contribution in [0.4, 0.5) is 0 Å². The van der Waals surface area contributed by atoms with Crippen LogP contribution in [0.2, 0.25) is 0 Å².